The topological polar surface area (TPSA) is 66.4 Å². The molecule has 0 unspecified atom stereocenters. The van der Waals surface area contributed by atoms with E-state index < -0.39 is 0 Å². The van der Waals surface area contributed by atoms with Gasteiger partial charge < -0.3 is 0 Å². The molecule has 182 valence electrons. The number of aromatic nitrogens is 2. The second-order valence-corrected chi connectivity index (χ2v) is 9.27. The van der Waals surface area contributed by atoms with Gasteiger partial charge in [0.05, 0.1) is 16.6 Å². The largest absolute Gasteiger partial charge is 0.288 e. The third kappa shape index (κ3) is 3.67. The molecule has 0 saturated carbocycles. The van der Waals surface area contributed by atoms with Gasteiger partial charge in [-0.1, -0.05) is 72.2 Å². The molecule has 0 bridgehead atoms. The SMILES string of the molecule is [B]c1ccc2c(c1)C(=O)/C(=C/C=C1N(c3ccccc3)c3nc4ccccc4nc3N1c1ccccc1)C2=O. The van der Waals surface area contributed by atoms with Crippen molar-refractivity contribution in [3.05, 3.63) is 138 Å². The Hall–Kier alpha value is -5.30. The zero-order valence-electron chi connectivity index (χ0n) is 20.7. The zero-order valence-corrected chi connectivity index (χ0v) is 20.7. The van der Waals surface area contributed by atoms with Crippen LogP contribution in [0.4, 0.5) is 23.0 Å². The Balaban J connectivity index is 1.46. The summed E-state index contributed by atoms with van der Waals surface area (Å²) < 4.78 is 0. The Bertz CT molecular complexity index is 1780. The Labute approximate surface area is 226 Å². The first-order chi connectivity index (χ1) is 19.1. The lowest BCUT2D eigenvalue weighted by Gasteiger charge is -2.24. The van der Waals surface area contributed by atoms with E-state index in [1.165, 1.54) is 0 Å². The van der Waals surface area contributed by atoms with Gasteiger partial charge in [-0.3, -0.25) is 19.4 Å². The summed E-state index contributed by atoms with van der Waals surface area (Å²) >= 11 is 0. The van der Waals surface area contributed by atoms with Gasteiger partial charge in [-0.15, -0.1) is 0 Å². The minimum atomic E-state index is -0.339. The van der Waals surface area contributed by atoms with E-state index in [4.69, 9.17) is 17.8 Å². The molecule has 5 aromatic rings. The molecule has 6 nitrogen and oxygen atoms in total. The van der Waals surface area contributed by atoms with Crippen molar-refractivity contribution in [1.82, 2.24) is 9.97 Å². The van der Waals surface area contributed by atoms with Crippen LogP contribution in [0.1, 0.15) is 20.7 Å². The van der Waals surface area contributed by atoms with E-state index in [1.807, 2.05) is 94.7 Å². The lowest BCUT2D eigenvalue weighted by Crippen LogP contribution is -2.22. The summed E-state index contributed by atoms with van der Waals surface area (Å²) in [5, 5.41) is 0. The van der Waals surface area contributed by atoms with Crippen molar-refractivity contribution in [3.63, 3.8) is 0 Å². The number of nitrogens with zero attached hydrogens (tertiary/aromatic N) is 4. The second-order valence-electron chi connectivity index (χ2n) is 9.27. The van der Waals surface area contributed by atoms with Crippen molar-refractivity contribution >= 4 is 58.9 Å². The number of para-hydroxylation sites is 4. The van der Waals surface area contributed by atoms with Gasteiger partial charge in [-0.05, 0) is 48.6 Å². The van der Waals surface area contributed by atoms with Crippen LogP contribution in [0.15, 0.2) is 127 Å². The van der Waals surface area contributed by atoms with Gasteiger partial charge in [0.15, 0.2) is 23.2 Å². The van der Waals surface area contributed by atoms with E-state index in [9.17, 15) is 9.59 Å². The number of benzene rings is 4. The normalized spacial score (nSPS) is 15.3. The smallest absolute Gasteiger partial charge is 0.197 e. The average Bonchev–Trinajstić information content (AvgIpc) is 3.41. The molecule has 0 spiro atoms. The summed E-state index contributed by atoms with van der Waals surface area (Å²) in [6, 6.07) is 32.2. The average molecular weight is 502 g/mol. The maximum absolute atomic E-state index is 13.2. The van der Waals surface area contributed by atoms with Crippen molar-refractivity contribution in [1.29, 1.82) is 0 Å². The molecular formula is C32H19BN4O2. The fourth-order valence-corrected chi connectivity index (χ4v) is 5.06. The second kappa shape index (κ2) is 8.92. The number of carbonyl (C=O) groups is 2. The third-order valence-electron chi connectivity index (χ3n) is 6.87. The van der Waals surface area contributed by atoms with Crippen LogP contribution in [0, 0.1) is 0 Å². The number of carbonyl (C=O) groups excluding carboxylic acids is 2. The fourth-order valence-electron chi connectivity index (χ4n) is 5.06. The molecule has 0 fully saturated rings. The fraction of sp³-hybridized carbons (Fsp3) is 0. The molecule has 7 heteroatoms. The highest BCUT2D eigenvalue weighted by Crippen LogP contribution is 2.48. The van der Waals surface area contributed by atoms with E-state index in [0.29, 0.717) is 34.0 Å². The molecule has 7 rings (SSSR count). The Morgan fingerprint density at radius 1 is 0.590 bits per heavy atom. The molecule has 0 N–H and O–H groups in total. The van der Waals surface area contributed by atoms with Crippen molar-refractivity contribution in [2.75, 3.05) is 9.80 Å². The van der Waals surface area contributed by atoms with Gasteiger partial charge in [0, 0.05) is 22.5 Å². The van der Waals surface area contributed by atoms with E-state index in [0.717, 1.165) is 22.4 Å². The van der Waals surface area contributed by atoms with Gasteiger partial charge in [-0.25, -0.2) is 9.97 Å². The van der Waals surface area contributed by atoms with E-state index in [1.54, 1.807) is 30.4 Å². The van der Waals surface area contributed by atoms with Crippen molar-refractivity contribution < 1.29 is 9.59 Å². The monoisotopic (exact) mass is 502 g/mol. The summed E-state index contributed by atoms with van der Waals surface area (Å²) in [7, 11) is 5.89. The number of ketones is 2. The summed E-state index contributed by atoms with van der Waals surface area (Å²) in [4.78, 5) is 40.4. The maximum atomic E-state index is 13.2. The molecule has 1 aliphatic carbocycles. The summed E-state index contributed by atoms with van der Waals surface area (Å²) in [5.41, 5.74) is 4.48. The number of anilines is 4. The molecule has 39 heavy (non-hydrogen) atoms. The van der Waals surface area contributed by atoms with Gasteiger partial charge in [0.2, 0.25) is 0 Å². The first-order valence-corrected chi connectivity index (χ1v) is 12.5. The first-order valence-electron chi connectivity index (χ1n) is 12.5. The molecule has 1 aliphatic heterocycles. The molecule has 2 radical (unpaired) electrons. The van der Waals surface area contributed by atoms with Crippen molar-refractivity contribution in [3.8, 4) is 0 Å². The molecule has 2 heterocycles. The number of hydrogen-bond acceptors (Lipinski definition) is 6. The summed E-state index contributed by atoms with van der Waals surface area (Å²) in [5.74, 6) is 1.32. The Morgan fingerprint density at radius 2 is 1.10 bits per heavy atom. The lowest BCUT2D eigenvalue weighted by atomic mass is 9.93. The molecule has 1 aromatic heterocycles. The van der Waals surface area contributed by atoms with Crippen LogP contribution < -0.4 is 15.3 Å². The minimum Gasteiger partial charge on any atom is -0.288 e. The standard InChI is InChI=1S/C32H19BN4O2/c33-20-15-16-23-25(19-20)30(39)24(29(23)38)17-18-28-36(21-9-3-1-4-10-21)31-32(37(28)22-11-5-2-6-12-22)35-27-14-8-7-13-26(27)34-31/h1-19H/b24-17+. The van der Waals surface area contributed by atoms with Crippen LogP contribution in [-0.4, -0.2) is 29.4 Å². The highest BCUT2D eigenvalue weighted by molar-refractivity contribution is 6.41. The van der Waals surface area contributed by atoms with Crippen LogP contribution >= 0.6 is 0 Å². The van der Waals surface area contributed by atoms with E-state index in [-0.39, 0.29) is 17.1 Å². The van der Waals surface area contributed by atoms with Gasteiger partial charge >= 0.3 is 0 Å². The zero-order chi connectivity index (χ0) is 26.5. The van der Waals surface area contributed by atoms with Crippen LogP contribution in [0.3, 0.4) is 0 Å². The predicted molar refractivity (Wildman–Crippen MR) is 153 cm³/mol. The van der Waals surface area contributed by atoms with E-state index >= 15 is 0 Å². The number of allylic oxidation sites excluding steroid dienone is 3. The highest BCUT2D eigenvalue weighted by atomic mass is 16.2. The number of fused-ring (bicyclic) bond motifs is 3. The van der Waals surface area contributed by atoms with Gasteiger partial charge in [0.1, 0.15) is 13.7 Å². The van der Waals surface area contributed by atoms with Crippen LogP contribution in [0.2, 0.25) is 0 Å². The molecular weight excluding hydrogens is 483 g/mol. The van der Waals surface area contributed by atoms with Gasteiger partial charge in [0.25, 0.3) is 0 Å². The van der Waals surface area contributed by atoms with Crippen LogP contribution in [0.5, 0.6) is 0 Å². The maximum Gasteiger partial charge on any atom is 0.197 e. The minimum absolute atomic E-state index is 0.0890. The Morgan fingerprint density at radius 3 is 1.67 bits per heavy atom. The lowest BCUT2D eigenvalue weighted by molar-refractivity contribution is 0.0989. The Kier molecular flexibility index (Phi) is 5.23. The van der Waals surface area contributed by atoms with Crippen LogP contribution in [0.25, 0.3) is 11.0 Å². The molecule has 2 aliphatic rings. The van der Waals surface area contributed by atoms with Crippen molar-refractivity contribution in [2.45, 2.75) is 0 Å². The quantitative estimate of drug-likeness (QED) is 0.183. The first kappa shape index (κ1) is 22.9. The molecule has 0 saturated heterocycles. The number of Topliss-reactive ketones (excluding diaryl/α,β-unsaturated/α-hetero) is 2. The van der Waals surface area contributed by atoms with Crippen molar-refractivity contribution in [2.24, 2.45) is 0 Å². The van der Waals surface area contributed by atoms with E-state index in [2.05, 4.69) is 0 Å². The van der Waals surface area contributed by atoms with Gasteiger partial charge in [-0.2, -0.15) is 0 Å². The molecule has 4 aromatic carbocycles. The molecule has 0 amide bonds. The summed E-state index contributed by atoms with van der Waals surface area (Å²) in [6.07, 6.45) is 3.38. The van der Waals surface area contributed by atoms with Crippen LogP contribution in [-0.2, 0) is 0 Å². The molecule has 0 atom stereocenters. The number of rotatable bonds is 3. The number of hydrogen-bond donors (Lipinski definition) is 0. The third-order valence-corrected chi connectivity index (χ3v) is 6.87. The highest BCUT2D eigenvalue weighted by Gasteiger charge is 2.37. The predicted octanol–water partition coefficient (Wildman–Crippen LogP) is 5.56. The summed E-state index contributed by atoms with van der Waals surface area (Å²) in [6.45, 7) is 0.